The zero-order valence-corrected chi connectivity index (χ0v) is 18.1. The van der Waals surface area contributed by atoms with E-state index >= 15 is 0 Å². The van der Waals surface area contributed by atoms with Crippen molar-refractivity contribution in [3.8, 4) is 0 Å². The molecule has 9 nitrogen and oxygen atoms in total. The molecule has 3 aromatic rings. The summed E-state index contributed by atoms with van der Waals surface area (Å²) in [5, 5.41) is 2.46. The summed E-state index contributed by atoms with van der Waals surface area (Å²) in [6, 6.07) is 3.77. The third-order valence-corrected chi connectivity index (χ3v) is 6.58. The average Bonchev–Trinajstić information content (AvgIpc) is 3.27. The summed E-state index contributed by atoms with van der Waals surface area (Å²) in [6.07, 6.45) is 6.56. The average molecular weight is 439 g/mol. The van der Waals surface area contributed by atoms with Crippen LogP contribution in [0, 0.1) is 5.95 Å². The number of anilines is 1. The Labute approximate surface area is 184 Å². The largest absolute Gasteiger partial charge is 0.365 e. The Hall–Kier alpha value is -3.27. The van der Waals surface area contributed by atoms with Crippen molar-refractivity contribution < 1.29 is 9.18 Å². The van der Waals surface area contributed by atoms with Crippen molar-refractivity contribution >= 4 is 17.4 Å². The van der Waals surface area contributed by atoms with Gasteiger partial charge in [-0.25, -0.2) is 9.97 Å². The molecule has 0 spiro atoms. The lowest BCUT2D eigenvalue weighted by atomic mass is 10.1. The van der Waals surface area contributed by atoms with E-state index in [-0.39, 0.29) is 23.3 Å². The molecule has 10 heteroatoms. The molecule has 3 aromatic heterocycles. The molecule has 5 rings (SSSR count). The van der Waals surface area contributed by atoms with Crippen molar-refractivity contribution in [3.63, 3.8) is 0 Å². The topological polar surface area (TPSA) is 98.6 Å². The Morgan fingerprint density at radius 2 is 1.97 bits per heavy atom. The highest BCUT2D eigenvalue weighted by atomic mass is 19.1. The minimum absolute atomic E-state index is 0.0754. The predicted molar refractivity (Wildman–Crippen MR) is 117 cm³/mol. The normalized spacial score (nSPS) is 20.8. The van der Waals surface area contributed by atoms with Gasteiger partial charge in [-0.3, -0.25) is 23.9 Å². The molecule has 2 fully saturated rings. The maximum atomic E-state index is 14.7. The van der Waals surface area contributed by atoms with Gasteiger partial charge in [0.05, 0.1) is 11.4 Å². The molecule has 2 N–H and O–H groups in total. The Bertz CT molecular complexity index is 1220. The van der Waals surface area contributed by atoms with Crippen LogP contribution in [-0.2, 0) is 13.0 Å². The molecule has 5 heterocycles. The van der Waals surface area contributed by atoms with E-state index in [1.54, 1.807) is 12.1 Å². The molecule has 0 radical (unpaired) electrons. The summed E-state index contributed by atoms with van der Waals surface area (Å²) >= 11 is 0. The van der Waals surface area contributed by atoms with Gasteiger partial charge in [-0.1, -0.05) is 6.92 Å². The Kier molecular flexibility index (Phi) is 5.16. The van der Waals surface area contributed by atoms with E-state index in [2.05, 4.69) is 25.2 Å². The maximum absolute atomic E-state index is 14.7. The van der Waals surface area contributed by atoms with Crippen LogP contribution in [0.3, 0.4) is 0 Å². The number of aromatic amines is 1. The van der Waals surface area contributed by atoms with E-state index in [9.17, 15) is 14.0 Å². The third kappa shape index (κ3) is 3.54. The smallest absolute Gasteiger partial charge is 0.269 e. The van der Waals surface area contributed by atoms with Gasteiger partial charge >= 0.3 is 0 Å². The lowest BCUT2D eigenvalue weighted by molar-refractivity contribution is 0.0957. The predicted octanol–water partition coefficient (Wildman–Crippen LogP) is 1.33. The minimum atomic E-state index is -0.616. The number of imidazole rings is 1. The van der Waals surface area contributed by atoms with E-state index in [1.165, 1.54) is 7.05 Å². The summed E-state index contributed by atoms with van der Waals surface area (Å²) in [7, 11) is 1.50. The zero-order valence-electron chi connectivity index (χ0n) is 18.1. The molecular weight excluding hydrogens is 413 g/mol. The van der Waals surface area contributed by atoms with E-state index < -0.39 is 11.9 Å². The van der Waals surface area contributed by atoms with Crippen molar-refractivity contribution in [3.05, 3.63) is 57.8 Å². The SMILES string of the molecule is CCc1cn2cc(CN3C4CCC3CN(c3ccc(C(=O)NC)nc3F)C4)nc2[nH]c1=O. The number of H-pyrrole nitrogens is 1. The molecule has 168 valence electrons. The molecule has 2 aliphatic heterocycles. The van der Waals surface area contributed by atoms with Gasteiger partial charge in [-0.05, 0) is 31.4 Å². The van der Waals surface area contributed by atoms with Crippen molar-refractivity contribution in [2.75, 3.05) is 25.0 Å². The first-order valence-corrected chi connectivity index (χ1v) is 11.0. The first-order chi connectivity index (χ1) is 15.5. The van der Waals surface area contributed by atoms with Gasteiger partial charge in [0.2, 0.25) is 11.7 Å². The van der Waals surface area contributed by atoms with Crippen LogP contribution in [-0.4, -0.2) is 62.4 Å². The quantitative estimate of drug-likeness (QED) is 0.582. The van der Waals surface area contributed by atoms with Crippen LogP contribution in [0.2, 0.25) is 0 Å². The number of hydrogen-bond donors (Lipinski definition) is 2. The van der Waals surface area contributed by atoms with Gasteiger partial charge < -0.3 is 10.2 Å². The van der Waals surface area contributed by atoms with Crippen molar-refractivity contribution in [2.24, 2.45) is 0 Å². The first kappa shape index (κ1) is 20.6. The number of carbonyl (C=O) groups is 1. The van der Waals surface area contributed by atoms with Crippen LogP contribution < -0.4 is 15.8 Å². The molecule has 2 aliphatic rings. The monoisotopic (exact) mass is 439 g/mol. The Balaban J connectivity index is 1.33. The van der Waals surface area contributed by atoms with Crippen LogP contribution in [0.15, 0.2) is 29.3 Å². The fourth-order valence-corrected chi connectivity index (χ4v) is 4.92. The van der Waals surface area contributed by atoms with Crippen molar-refractivity contribution in [1.29, 1.82) is 0 Å². The summed E-state index contributed by atoms with van der Waals surface area (Å²) < 4.78 is 16.6. The summed E-state index contributed by atoms with van der Waals surface area (Å²) in [5.41, 5.74) is 2.05. The molecule has 2 saturated heterocycles. The second kappa shape index (κ2) is 8.01. The molecule has 32 heavy (non-hydrogen) atoms. The van der Waals surface area contributed by atoms with Gasteiger partial charge in [0.1, 0.15) is 5.69 Å². The Morgan fingerprint density at radius 1 is 1.22 bits per heavy atom. The highest BCUT2D eigenvalue weighted by Crippen LogP contribution is 2.34. The van der Waals surface area contributed by atoms with Crippen molar-refractivity contribution in [1.82, 2.24) is 29.6 Å². The van der Waals surface area contributed by atoms with Gasteiger partial charge in [0, 0.05) is 56.7 Å². The number of nitrogens with zero attached hydrogens (tertiary/aromatic N) is 5. The van der Waals surface area contributed by atoms with E-state index in [1.807, 2.05) is 28.6 Å². The number of carbonyl (C=O) groups excluding carboxylic acids is 1. The van der Waals surface area contributed by atoms with E-state index in [0.717, 1.165) is 24.1 Å². The van der Waals surface area contributed by atoms with Crippen LogP contribution in [0.5, 0.6) is 0 Å². The molecule has 0 aliphatic carbocycles. The fourth-order valence-electron chi connectivity index (χ4n) is 4.92. The van der Waals surface area contributed by atoms with Crippen LogP contribution in [0.4, 0.5) is 10.1 Å². The number of aromatic nitrogens is 4. The first-order valence-electron chi connectivity index (χ1n) is 11.0. The standard InChI is InChI=1S/C22H26FN7O2/c1-3-13-8-29-9-14(25-22(29)27-20(13)31)10-30-15-4-5-16(30)12-28(11-15)18-7-6-17(21(32)24-2)26-19(18)23/h6-9,15-16H,3-5,10-12H2,1-2H3,(H,24,32)(H,25,27,31). The maximum Gasteiger partial charge on any atom is 0.269 e. The molecular formula is C22H26FN7O2. The molecule has 2 bridgehead atoms. The van der Waals surface area contributed by atoms with Crippen molar-refractivity contribution in [2.45, 2.75) is 44.8 Å². The number of aryl methyl sites for hydroxylation is 1. The van der Waals surface area contributed by atoms with Crippen LogP contribution in [0.25, 0.3) is 5.78 Å². The molecule has 0 aromatic carbocycles. The molecule has 2 unspecified atom stereocenters. The lowest BCUT2D eigenvalue weighted by Gasteiger charge is -2.41. The second-order valence-electron chi connectivity index (χ2n) is 8.47. The van der Waals surface area contributed by atoms with Gasteiger partial charge in [0.15, 0.2) is 0 Å². The number of halogens is 1. The zero-order chi connectivity index (χ0) is 22.4. The highest BCUT2D eigenvalue weighted by Gasteiger charge is 2.40. The lowest BCUT2D eigenvalue weighted by Crippen LogP contribution is -2.53. The summed E-state index contributed by atoms with van der Waals surface area (Å²) in [5.74, 6) is -0.465. The van der Waals surface area contributed by atoms with Gasteiger partial charge in [0.25, 0.3) is 11.5 Å². The number of fused-ring (bicyclic) bond motifs is 3. The molecule has 0 saturated carbocycles. The van der Waals surface area contributed by atoms with E-state index in [0.29, 0.717) is 37.5 Å². The minimum Gasteiger partial charge on any atom is -0.365 e. The highest BCUT2D eigenvalue weighted by molar-refractivity contribution is 5.92. The number of amides is 1. The second-order valence-corrected chi connectivity index (χ2v) is 8.47. The Morgan fingerprint density at radius 3 is 2.62 bits per heavy atom. The number of piperazine rings is 1. The van der Waals surface area contributed by atoms with Gasteiger partial charge in [-0.15, -0.1) is 0 Å². The number of hydrogen-bond acceptors (Lipinski definition) is 6. The van der Waals surface area contributed by atoms with Crippen LogP contribution >= 0.6 is 0 Å². The van der Waals surface area contributed by atoms with Crippen LogP contribution in [0.1, 0.15) is 41.5 Å². The molecule has 2 atom stereocenters. The molecule has 1 amide bonds. The third-order valence-electron chi connectivity index (χ3n) is 6.58. The number of pyridine rings is 1. The van der Waals surface area contributed by atoms with Gasteiger partial charge in [-0.2, -0.15) is 4.39 Å². The van der Waals surface area contributed by atoms with E-state index in [4.69, 9.17) is 0 Å². The number of rotatable bonds is 5. The summed E-state index contributed by atoms with van der Waals surface area (Å²) in [4.78, 5) is 39.6. The summed E-state index contributed by atoms with van der Waals surface area (Å²) in [6.45, 7) is 4.03. The number of nitrogens with one attached hydrogen (secondary N) is 2. The fraction of sp³-hybridized carbons (Fsp3) is 0.455.